The standard InChI is InChI=1S/C15H16N4O/c1-11-12(6-4-9-16)5-3-7-13(11)15(20)17-14-8-10-19(2)18-14/h3,5,7-8,10H,9,16H2,1-2H3,(H,17,18,20). The van der Waals surface area contributed by atoms with E-state index in [1.807, 2.05) is 13.0 Å². The summed E-state index contributed by atoms with van der Waals surface area (Å²) in [6, 6.07) is 7.18. The summed E-state index contributed by atoms with van der Waals surface area (Å²) < 4.78 is 1.63. The number of hydrogen-bond acceptors (Lipinski definition) is 3. The van der Waals surface area contributed by atoms with Gasteiger partial charge >= 0.3 is 0 Å². The van der Waals surface area contributed by atoms with Crippen molar-refractivity contribution >= 4 is 11.7 Å². The SMILES string of the molecule is Cc1c(C#CCN)cccc1C(=O)Nc1ccn(C)n1. The fraction of sp³-hybridized carbons (Fsp3) is 0.200. The third kappa shape index (κ3) is 3.05. The Morgan fingerprint density at radius 2 is 2.25 bits per heavy atom. The number of benzene rings is 1. The molecule has 0 bridgehead atoms. The summed E-state index contributed by atoms with van der Waals surface area (Å²) in [5.41, 5.74) is 7.59. The summed E-state index contributed by atoms with van der Waals surface area (Å²) in [6.45, 7) is 2.16. The topological polar surface area (TPSA) is 72.9 Å². The molecule has 5 nitrogen and oxygen atoms in total. The molecule has 1 heterocycles. The van der Waals surface area contributed by atoms with Gasteiger partial charge in [0, 0.05) is 30.4 Å². The molecule has 0 atom stereocenters. The Balaban J connectivity index is 2.26. The van der Waals surface area contributed by atoms with Crippen LogP contribution in [0, 0.1) is 18.8 Å². The van der Waals surface area contributed by atoms with Crippen LogP contribution in [-0.2, 0) is 7.05 Å². The molecule has 1 aromatic heterocycles. The number of anilines is 1. The van der Waals surface area contributed by atoms with E-state index in [1.165, 1.54) is 0 Å². The van der Waals surface area contributed by atoms with Crippen LogP contribution in [0.15, 0.2) is 30.5 Å². The van der Waals surface area contributed by atoms with E-state index in [9.17, 15) is 4.79 Å². The molecule has 0 aliphatic rings. The molecule has 2 aromatic rings. The Morgan fingerprint density at radius 1 is 1.45 bits per heavy atom. The van der Waals surface area contributed by atoms with Crippen LogP contribution >= 0.6 is 0 Å². The van der Waals surface area contributed by atoms with Gasteiger partial charge in [-0.05, 0) is 24.6 Å². The van der Waals surface area contributed by atoms with Crippen molar-refractivity contribution in [2.75, 3.05) is 11.9 Å². The zero-order chi connectivity index (χ0) is 14.5. The van der Waals surface area contributed by atoms with Crippen LogP contribution in [0.4, 0.5) is 5.82 Å². The third-order valence-corrected chi connectivity index (χ3v) is 2.86. The molecular weight excluding hydrogens is 252 g/mol. The van der Waals surface area contributed by atoms with Gasteiger partial charge in [0.2, 0.25) is 0 Å². The number of aromatic nitrogens is 2. The lowest BCUT2D eigenvalue weighted by molar-refractivity contribution is 0.102. The average Bonchev–Trinajstić information content (AvgIpc) is 2.83. The van der Waals surface area contributed by atoms with E-state index in [-0.39, 0.29) is 5.91 Å². The molecule has 20 heavy (non-hydrogen) atoms. The number of hydrogen-bond donors (Lipinski definition) is 2. The van der Waals surface area contributed by atoms with E-state index in [0.29, 0.717) is 17.9 Å². The molecule has 1 aromatic carbocycles. The molecule has 0 fully saturated rings. The van der Waals surface area contributed by atoms with Crippen molar-refractivity contribution in [2.24, 2.45) is 12.8 Å². The monoisotopic (exact) mass is 268 g/mol. The summed E-state index contributed by atoms with van der Waals surface area (Å²) in [5, 5.41) is 6.88. The number of rotatable bonds is 2. The van der Waals surface area contributed by atoms with Gasteiger partial charge in [-0.15, -0.1) is 0 Å². The molecule has 3 N–H and O–H groups in total. The van der Waals surface area contributed by atoms with Gasteiger partial charge in [-0.2, -0.15) is 5.10 Å². The lowest BCUT2D eigenvalue weighted by Crippen LogP contribution is -2.14. The van der Waals surface area contributed by atoms with Crippen molar-refractivity contribution in [1.82, 2.24) is 9.78 Å². The van der Waals surface area contributed by atoms with Gasteiger partial charge in [0.1, 0.15) is 0 Å². The minimum absolute atomic E-state index is 0.197. The highest BCUT2D eigenvalue weighted by molar-refractivity contribution is 6.05. The van der Waals surface area contributed by atoms with Gasteiger partial charge in [-0.25, -0.2) is 0 Å². The Kier molecular flexibility index (Phi) is 4.18. The van der Waals surface area contributed by atoms with Crippen LogP contribution in [0.3, 0.4) is 0 Å². The maximum atomic E-state index is 12.2. The van der Waals surface area contributed by atoms with Crippen LogP contribution in [0.1, 0.15) is 21.5 Å². The molecule has 0 spiro atoms. The normalized spacial score (nSPS) is 9.75. The first-order chi connectivity index (χ1) is 9.61. The molecule has 1 amide bonds. The van der Waals surface area contributed by atoms with Crippen LogP contribution < -0.4 is 11.1 Å². The first-order valence-electron chi connectivity index (χ1n) is 6.21. The third-order valence-electron chi connectivity index (χ3n) is 2.86. The fourth-order valence-corrected chi connectivity index (χ4v) is 1.83. The van der Waals surface area contributed by atoms with Gasteiger partial charge in [0.05, 0.1) is 6.54 Å². The van der Waals surface area contributed by atoms with E-state index in [0.717, 1.165) is 11.1 Å². The van der Waals surface area contributed by atoms with Crippen molar-refractivity contribution in [2.45, 2.75) is 6.92 Å². The molecular formula is C15H16N4O. The highest BCUT2D eigenvalue weighted by Gasteiger charge is 2.12. The molecule has 0 aliphatic carbocycles. The molecule has 0 saturated carbocycles. The minimum Gasteiger partial charge on any atom is -0.320 e. The van der Waals surface area contributed by atoms with E-state index >= 15 is 0 Å². The molecule has 0 radical (unpaired) electrons. The largest absolute Gasteiger partial charge is 0.320 e. The molecule has 5 heteroatoms. The Morgan fingerprint density at radius 3 is 2.90 bits per heavy atom. The molecule has 2 rings (SSSR count). The minimum atomic E-state index is -0.197. The predicted molar refractivity (Wildman–Crippen MR) is 78.3 cm³/mol. The van der Waals surface area contributed by atoms with Crippen LogP contribution in [0.2, 0.25) is 0 Å². The summed E-state index contributed by atoms with van der Waals surface area (Å²) in [6.07, 6.45) is 1.77. The number of nitrogens with zero attached hydrogens (tertiary/aromatic N) is 2. The summed E-state index contributed by atoms with van der Waals surface area (Å²) in [5.74, 6) is 6.08. The zero-order valence-corrected chi connectivity index (χ0v) is 11.5. The van der Waals surface area contributed by atoms with Crippen molar-refractivity contribution < 1.29 is 4.79 Å². The van der Waals surface area contributed by atoms with Crippen LogP contribution in [-0.4, -0.2) is 22.2 Å². The van der Waals surface area contributed by atoms with Crippen molar-refractivity contribution in [3.8, 4) is 11.8 Å². The highest BCUT2D eigenvalue weighted by atomic mass is 16.1. The second-order valence-corrected chi connectivity index (χ2v) is 4.31. The van der Waals surface area contributed by atoms with Crippen molar-refractivity contribution in [3.63, 3.8) is 0 Å². The first kappa shape index (κ1) is 13.8. The number of amides is 1. The van der Waals surface area contributed by atoms with E-state index < -0.39 is 0 Å². The van der Waals surface area contributed by atoms with Gasteiger partial charge in [-0.1, -0.05) is 17.9 Å². The highest BCUT2D eigenvalue weighted by Crippen LogP contribution is 2.14. The lowest BCUT2D eigenvalue weighted by atomic mass is 10.0. The van der Waals surface area contributed by atoms with Gasteiger partial charge in [0.15, 0.2) is 5.82 Å². The summed E-state index contributed by atoms with van der Waals surface area (Å²) in [7, 11) is 1.80. The van der Waals surface area contributed by atoms with Gasteiger partial charge in [0.25, 0.3) is 5.91 Å². The maximum absolute atomic E-state index is 12.2. The second-order valence-electron chi connectivity index (χ2n) is 4.31. The van der Waals surface area contributed by atoms with Crippen molar-refractivity contribution in [1.29, 1.82) is 0 Å². The van der Waals surface area contributed by atoms with Crippen molar-refractivity contribution in [3.05, 3.63) is 47.2 Å². The van der Waals surface area contributed by atoms with E-state index in [1.54, 1.807) is 36.1 Å². The molecule has 0 unspecified atom stereocenters. The average molecular weight is 268 g/mol. The number of carbonyl (C=O) groups excluding carboxylic acids is 1. The number of nitrogens with one attached hydrogen (secondary N) is 1. The molecule has 0 aliphatic heterocycles. The predicted octanol–water partition coefficient (Wildman–Crippen LogP) is 1.29. The van der Waals surface area contributed by atoms with Gasteiger partial charge < -0.3 is 11.1 Å². The Hall–Kier alpha value is -2.58. The number of nitrogens with two attached hydrogens (primary N) is 1. The maximum Gasteiger partial charge on any atom is 0.257 e. The number of aryl methyl sites for hydroxylation is 1. The smallest absolute Gasteiger partial charge is 0.257 e. The fourth-order valence-electron chi connectivity index (χ4n) is 1.83. The summed E-state index contributed by atoms with van der Waals surface area (Å²) in [4.78, 5) is 12.2. The van der Waals surface area contributed by atoms with E-state index in [2.05, 4.69) is 22.3 Å². The van der Waals surface area contributed by atoms with Crippen LogP contribution in [0.25, 0.3) is 0 Å². The lowest BCUT2D eigenvalue weighted by Gasteiger charge is -2.07. The number of carbonyl (C=O) groups is 1. The quantitative estimate of drug-likeness (QED) is 0.806. The molecule has 0 saturated heterocycles. The van der Waals surface area contributed by atoms with Gasteiger partial charge in [-0.3, -0.25) is 9.48 Å². The van der Waals surface area contributed by atoms with Crippen LogP contribution in [0.5, 0.6) is 0 Å². The Labute approximate surface area is 117 Å². The van der Waals surface area contributed by atoms with E-state index in [4.69, 9.17) is 5.73 Å². The molecule has 102 valence electrons. The summed E-state index contributed by atoms with van der Waals surface area (Å²) >= 11 is 0. The second kappa shape index (κ2) is 6.04. The first-order valence-corrected chi connectivity index (χ1v) is 6.21. The Bertz CT molecular complexity index is 691. The zero-order valence-electron chi connectivity index (χ0n) is 11.5.